The van der Waals surface area contributed by atoms with E-state index in [1.54, 1.807) is 17.5 Å². The molecule has 0 saturated heterocycles. The number of pyridine rings is 1. The average molecular weight is 248 g/mol. The summed E-state index contributed by atoms with van der Waals surface area (Å²) >= 11 is 1.70. The van der Waals surface area contributed by atoms with Crippen LogP contribution in [0.1, 0.15) is 24.1 Å². The maximum absolute atomic E-state index is 5.47. The second-order valence-electron chi connectivity index (χ2n) is 3.67. The van der Waals surface area contributed by atoms with Crippen LogP contribution >= 0.6 is 11.3 Å². The summed E-state index contributed by atoms with van der Waals surface area (Å²) in [5.74, 6) is 0.820. The van der Waals surface area contributed by atoms with E-state index in [0.29, 0.717) is 6.61 Å². The number of nitrogens with one attached hydrogen (secondary N) is 1. The summed E-state index contributed by atoms with van der Waals surface area (Å²) in [5.41, 5.74) is 2.38. The van der Waals surface area contributed by atoms with E-state index in [1.807, 2.05) is 26.2 Å². The molecule has 0 spiro atoms. The van der Waals surface area contributed by atoms with Gasteiger partial charge in [0.15, 0.2) is 0 Å². The smallest absolute Gasteiger partial charge is 0.137 e. The predicted molar refractivity (Wildman–Crippen MR) is 70.6 cm³/mol. The molecular weight excluding hydrogens is 232 g/mol. The maximum atomic E-state index is 5.47. The van der Waals surface area contributed by atoms with Crippen LogP contribution in [0.5, 0.6) is 5.75 Å². The molecule has 2 aromatic heterocycles. The van der Waals surface area contributed by atoms with Crippen molar-refractivity contribution in [3.8, 4) is 5.75 Å². The van der Waals surface area contributed by atoms with Crippen molar-refractivity contribution in [3.05, 3.63) is 46.4 Å². The molecule has 1 N–H and O–H groups in total. The lowest BCUT2D eigenvalue weighted by molar-refractivity contribution is 0.338. The molecule has 4 heteroatoms. The highest BCUT2D eigenvalue weighted by atomic mass is 32.1. The molecule has 2 rings (SSSR count). The number of ether oxygens (including phenoxy) is 1. The van der Waals surface area contributed by atoms with E-state index in [9.17, 15) is 0 Å². The Balaban J connectivity index is 2.28. The molecule has 1 unspecified atom stereocenters. The number of thiophene rings is 1. The fourth-order valence-corrected chi connectivity index (χ4v) is 2.49. The van der Waals surface area contributed by atoms with Gasteiger partial charge in [-0.2, -0.15) is 11.3 Å². The number of rotatable bonds is 5. The van der Waals surface area contributed by atoms with Crippen molar-refractivity contribution in [2.45, 2.75) is 13.0 Å². The standard InChI is InChI=1S/C13H16N2OS/c1-3-16-12-6-11(7-15-8-12)13(14-2)10-4-5-17-9-10/h4-9,13-14H,3H2,1-2H3. The highest BCUT2D eigenvalue weighted by molar-refractivity contribution is 7.08. The van der Waals surface area contributed by atoms with Crippen LogP contribution in [0.4, 0.5) is 0 Å². The van der Waals surface area contributed by atoms with Gasteiger partial charge in [0.1, 0.15) is 5.75 Å². The van der Waals surface area contributed by atoms with Crippen LogP contribution in [0, 0.1) is 0 Å². The molecule has 90 valence electrons. The summed E-state index contributed by atoms with van der Waals surface area (Å²) in [4.78, 5) is 4.22. The zero-order chi connectivity index (χ0) is 12.1. The van der Waals surface area contributed by atoms with Gasteiger partial charge in [0.05, 0.1) is 18.8 Å². The zero-order valence-electron chi connectivity index (χ0n) is 10.0. The molecule has 3 nitrogen and oxygen atoms in total. The number of nitrogens with zero attached hydrogens (tertiary/aromatic N) is 1. The molecule has 2 aromatic rings. The summed E-state index contributed by atoms with van der Waals surface area (Å²) in [6, 6.07) is 4.34. The normalized spacial score (nSPS) is 12.4. The molecule has 0 saturated carbocycles. The van der Waals surface area contributed by atoms with Gasteiger partial charge < -0.3 is 10.1 Å². The van der Waals surface area contributed by atoms with Crippen LogP contribution < -0.4 is 10.1 Å². The third kappa shape index (κ3) is 2.84. The van der Waals surface area contributed by atoms with Gasteiger partial charge >= 0.3 is 0 Å². The van der Waals surface area contributed by atoms with E-state index in [2.05, 4.69) is 27.1 Å². The Hall–Kier alpha value is -1.39. The molecular formula is C13H16N2OS. The molecule has 0 aliphatic heterocycles. The minimum Gasteiger partial charge on any atom is -0.492 e. The summed E-state index contributed by atoms with van der Waals surface area (Å²) in [6.07, 6.45) is 3.62. The Kier molecular flexibility index (Phi) is 4.12. The van der Waals surface area contributed by atoms with E-state index in [1.165, 1.54) is 5.56 Å². The minimum absolute atomic E-state index is 0.175. The zero-order valence-corrected chi connectivity index (χ0v) is 10.8. The fourth-order valence-electron chi connectivity index (χ4n) is 1.80. The predicted octanol–water partition coefficient (Wildman–Crippen LogP) is 2.85. The van der Waals surface area contributed by atoms with Crippen LogP contribution in [-0.2, 0) is 0 Å². The van der Waals surface area contributed by atoms with Crippen molar-refractivity contribution < 1.29 is 4.74 Å². The van der Waals surface area contributed by atoms with E-state index < -0.39 is 0 Å². The average Bonchev–Trinajstić information content (AvgIpc) is 2.85. The first-order valence-electron chi connectivity index (χ1n) is 5.62. The quantitative estimate of drug-likeness (QED) is 0.883. The van der Waals surface area contributed by atoms with Crippen molar-refractivity contribution in [1.29, 1.82) is 0 Å². The van der Waals surface area contributed by atoms with Gasteiger partial charge in [0.2, 0.25) is 0 Å². The van der Waals surface area contributed by atoms with Crippen LogP contribution in [0.15, 0.2) is 35.3 Å². The molecule has 0 bridgehead atoms. The summed E-state index contributed by atoms with van der Waals surface area (Å²) in [6.45, 7) is 2.63. The molecule has 1 atom stereocenters. The molecule has 0 aromatic carbocycles. The minimum atomic E-state index is 0.175. The fraction of sp³-hybridized carbons (Fsp3) is 0.308. The van der Waals surface area contributed by atoms with Crippen molar-refractivity contribution in [2.75, 3.05) is 13.7 Å². The van der Waals surface area contributed by atoms with E-state index >= 15 is 0 Å². The lowest BCUT2D eigenvalue weighted by Gasteiger charge is -2.15. The van der Waals surface area contributed by atoms with E-state index in [4.69, 9.17) is 4.74 Å². The lowest BCUT2D eigenvalue weighted by atomic mass is 10.0. The van der Waals surface area contributed by atoms with Crippen LogP contribution in [0.25, 0.3) is 0 Å². The van der Waals surface area contributed by atoms with Gasteiger partial charge in [-0.15, -0.1) is 0 Å². The number of aromatic nitrogens is 1. The van der Waals surface area contributed by atoms with Gasteiger partial charge in [-0.25, -0.2) is 0 Å². The number of hydrogen-bond donors (Lipinski definition) is 1. The molecule has 2 heterocycles. The van der Waals surface area contributed by atoms with E-state index in [-0.39, 0.29) is 6.04 Å². The SMILES string of the molecule is CCOc1cncc(C(NC)c2ccsc2)c1. The van der Waals surface area contributed by atoms with Crippen LogP contribution in [0.3, 0.4) is 0 Å². The molecule has 0 aliphatic rings. The van der Waals surface area contributed by atoms with Gasteiger partial charge in [-0.05, 0) is 48.0 Å². The summed E-state index contributed by atoms with van der Waals surface area (Å²) < 4.78 is 5.47. The first-order chi connectivity index (χ1) is 8.35. The topological polar surface area (TPSA) is 34.1 Å². The highest BCUT2D eigenvalue weighted by Crippen LogP contribution is 2.25. The summed E-state index contributed by atoms with van der Waals surface area (Å²) in [7, 11) is 1.95. The molecule has 17 heavy (non-hydrogen) atoms. The monoisotopic (exact) mass is 248 g/mol. The van der Waals surface area contributed by atoms with Crippen molar-refractivity contribution in [3.63, 3.8) is 0 Å². The Morgan fingerprint density at radius 3 is 2.94 bits per heavy atom. The van der Waals surface area contributed by atoms with Gasteiger partial charge in [0, 0.05) is 6.20 Å². The van der Waals surface area contributed by atoms with Crippen molar-refractivity contribution in [1.82, 2.24) is 10.3 Å². The third-order valence-corrected chi connectivity index (χ3v) is 3.25. The largest absolute Gasteiger partial charge is 0.492 e. The molecule has 0 amide bonds. The summed E-state index contributed by atoms with van der Waals surface area (Å²) in [5, 5.41) is 7.53. The van der Waals surface area contributed by atoms with Crippen molar-refractivity contribution >= 4 is 11.3 Å². The van der Waals surface area contributed by atoms with E-state index in [0.717, 1.165) is 11.3 Å². The van der Waals surface area contributed by atoms with Gasteiger partial charge in [0.25, 0.3) is 0 Å². The Morgan fingerprint density at radius 1 is 1.41 bits per heavy atom. The highest BCUT2D eigenvalue weighted by Gasteiger charge is 2.13. The molecule has 0 aliphatic carbocycles. The second-order valence-corrected chi connectivity index (χ2v) is 4.45. The lowest BCUT2D eigenvalue weighted by Crippen LogP contribution is -2.17. The first-order valence-corrected chi connectivity index (χ1v) is 6.56. The van der Waals surface area contributed by atoms with Crippen LogP contribution in [-0.4, -0.2) is 18.6 Å². The van der Waals surface area contributed by atoms with Gasteiger partial charge in [-0.3, -0.25) is 4.98 Å². The molecule has 0 fully saturated rings. The third-order valence-electron chi connectivity index (χ3n) is 2.54. The maximum Gasteiger partial charge on any atom is 0.137 e. The van der Waals surface area contributed by atoms with Crippen molar-refractivity contribution in [2.24, 2.45) is 0 Å². The van der Waals surface area contributed by atoms with Gasteiger partial charge in [-0.1, -0.05) is 0 Å². The Morgan fingerprint density at radius 2 is 2.29 bits per heavy atom. The Labute approximate surface area is 105 Å². The Bertz CT molecular complexity index is 456. The van der Waals surface area contributed by atoms with Crippen LogP contribution in [0.2, 0.25) is 0 Å². The first kappa shape index (κ1) is 12.1. The second kappa shape index (κ2) is 5.80. The molecule has 0 radical (unpaired) electrons. The number of hydrogen-bond acceptors (Lipinski definition) is 4.